The van der Waals surface area contributed by atoms with Gasteiger partial charge in [-0.15, -0.1) is 0 Å². The molecular weight excluding hydrogens is 394 g/mol. The highest BCUT2D eigenvalue weighted by atomic mass is 16.2. The average Bonchev–Trinajstić information content (AvgIpc) is 3.33. The number of amides is 3. The lowest BCUT2D eigenvalue weighted by molar-refractivity contribution is -0.125. The number of aromatic nitrogens is 1. The Bertz CT molecular complexity index is 958. The number of fused-ring (bicyclic) bond motifs is 1. The number of hydrogen-bond donors (Lipinski definition) is 4. The van der Waals surface area contributed by atoms with Gasteiger partial charge in [-0.3, -0.25) is 14.4 Å². The molecule has 3 amide bonds. The molecule has 1 saturated heterocycles. The summed E-state index contributed by atoms with van der Waals surface area (Å²) in [6, 6.07) is 10.2. The Balaban J connectivity index is 1.69. The molecule has 8 nitrogen and oxygen atoms in total. The predicted octanol–water partition coefficient (Wildman–Crippen LogP) is 2.24. The summed E-state index contributed by atoms with van der Waals surface area (Å²) in [6.07, 6.45) is 1.68. The average molecular weight is 424 g/mol. The maximum Gasteiger partial charge on any atom is 0.268 e. The van der Waals surface area contributed by atoms with Crippen LogP contribution in [-0.2, 0) is 9.59 Å². The van der Waals surface area contributed by atoms with E-state index in [4.69, 9.17) is 5.26 Å². The summed E-state index contributed by atoms with van der Waals surface area (Å²) in [5, 5.41) is 18.6. The van der Waals surface area contributed by atoms with E-state index in [1.54, 1.807) is 6.07 Å². The van der Waals surface area contributed by atoms with Crippen LogP contribution in [0.1, 0.15) is 50.0 Å². The Kier molecular flexibility index (Phi) is 7.29. The zero-order valence-corrected chi connectivity index (χ0v) is 17.9. The van der Waals surface area contributed by atoms with Gasteiger partial charge in [-0.05, 0) is 37.3 Å². The number of para-hydroxylation sites is 1. The van der Waals surface area contributed by atoms with Gasteiger partial charge >= 0.3 is 0 Å². The van der Waals surface area contributed by atoms with Gasteiger partial charge in [0.25, 0.3) is 5.91 Å². The number of rotatable bonds is 9. The molecule has 0 unspecified atom stereocenters. The van der Waals surface area contributed by atoms with E-state index in [0.717, 1.165) is 10.9 Å². The van der Waals surface area contributed by atoms with Gasteiger partial charge in [0.1, 0.15) is 11.7 Å². The molecule has 0 bridgehead atoms. The fourth-order valence-electron chi connectivity index (χ4n) is 3.95. The summed E-state index contributed by atoms with van der Waals surface area (Å²) < 4.78 is 0. The van der Waals surface area contributed by atoms with Gasteiger partial charge in [-0.1, -0.05) is 32.0 Å². The fraction of sp³-hybridized carbons (Fsp3) is 0.478. The first-order chi connectivity index (χ1) is 14.9. The van der Waals surface area contributed by atoms with Crippen molar-refractivity contribution in [1.29, 1.82) is 5.26 Å². The van der Waals surface area contributed by atoms with E-state index in [9.17, 15) is 14.4 Å². The predicted molar refractivity (Wildman–Crippen MR) is 117 cm³/mol. The third-order valence-corrected chi connectivity index (χ3v) is 5.52. The Morgan fingerprint density at radius 2 is 2.03 bits per heavy atom. The van der Waals surface area contributed by atoms with E-state index >= 15 is 0 Å². The van der Waals surface area contributed by atoms with E-state index in [2.05, 4.69) is 27.0 Å². The van der Waals surface area contributed by atoms with Crippen LogP contribution in [0.25, 0.3) is 10.9 Å². The standard InChI is InChI=1S/C23H29N5O3/c1-14(2)11-19(28-23(31)20-13-15-5-3-4-6-18(15)27-20)22(30)26-17(7-9-24)12-16-8-10-25-21(16)29/h3-6,13-14,16-17,19,27H,7-8,10-12H2,1-2H3,(H,25,29)(H,26,30)(H,28,31)/t16-,17+,19-/m0/s1. The molecule has 0 saturated carbocycles. The molecule has 4 N–H and O–H groups in total. The molecule has 3 atom stereocenters. The van der Waals surface area contributed by atoms with E-state index in [0.29, 0.717) is 31.5 Å². The highest BCUT2D eigenvalue weighted by molar-refractivity contribution is 6.00. The molecule has 1 aromatic carbocycles. The minimum absolute atomic E-state index is 0.0389. The third kappa shape index (κ3) is 5.85. The Hall–Kier alpha value is -3.34. The molecule has 2 heterocycles. The number of nitrogens with one attached hydrogen (secondary N) is 4. The summed E-state index contributed by atoms with van der Waals surface area (Å²) in [5.41, 5.74) is 1.24. The molecule has 31 heavy (non-hydrogen) atoms. The SMILES string of the molecule is CC(C)C[C@H](NC(=O)c1cc2ccccc2[nH]1)C(=O)N[C@H](CC#N)C[C@@H]1CCNC1=O. The van der Waals surface area contributed by atoms with Crippen molar-refractivity contribution in [3.8, 4) is 6.07 Å². The van der Waals surface area contributed by atoms with Crippen LogP contribution in [0.15, 0.2) is 30.3 Å². The number of benzene rings is 1. The number of hydrogen-bond acceptors (Lipinski definition) is 4. The van der Waals surface area contributed by atoms with Crippen LogP contribution in [0.5, 0.6) is 0 Å². The zero-order chi connectivity index (χ0) is 22.4. The fourth-order valence-corrected chi connectivity index (χ4v) is 3.95. The smallest absolute Gasteiger partial charge is 0.268 e. The quantitative estimate of drug-likeness (QED) is 0.493. The van der Waals surface area contributed by atoms with Crippen molar-refractivity contribution in [3.05, 3.63) is 36.0 Å². The first-order valence-electron chi connectivity index (χ1n) is 10.7. The van der Waals surface area contributed by atoms with Crippen molar-refractivity contribution < 1.29 is 14.4 Å². The topological polar surface area (TPSA) is 127 Å². The molecule has 0 spiro atoms. The number of H-pyrrole nitrogens is 1. The molecule has 1 aliphatic rings. The first kappa shape index (κ1) is 22.3. The van der Waals surface area contributed by atoms with Crippen LogP contribution in [0.4, 0.5) is 0 Å². The van der Waals surface area contributed by atoms with Crippen LogP contribution < -0.4 is 16.0 Å². The third-order valence-electron chi connectivity index (χ3n) is 5.52. The number of nitrogens with zero attached hydrogens (tertiary/aromatic N) is 1. The van der Waals surface area contributed by atoms with Crippen molar-refractivity contribution in [1.82, 2.24) is 20.9 Å². The van der Waals surface area contributed by atoms with Gasteiger partial charge in [0.15, 0.2) is 0 Å². The first-order valence-corrected chi connectivity index (χ1v) is 10.7. The summed E-state index contributed by atoms with van der Waals surface area (Å²) in [7, 11) is 0. The van der Waals surface area contributed by atoms with Crippen LogP contribution in [-0.4, -0.2) is 41.3 Å². The maximum absolute atomic E-state index is 13.0. The number of nitriles is 1. The molecule has 164 valence electrons. The molecule has 1 fully saturated rings. The molecule has 3 rings (SSSR count). The van der Waals surface area contributed by atoms with E-state index in [1.807, 2.05) is 38.1 Å². The number of carbonyl (C=O) groups excluding carboxylic acids is 3. The summed E-state index contributed by atoms with van der Waals surface area (Å²) in [6.45, 7) is 4.57. The van der Waals surface area contributed by atoms with Gasteiger partial charge in [0.2, 0.25) is 11.8 Å². The van der Waals surface area contributed by atoms with Crippen molar-refractivity contribution in [2.75, 3.05) is 6.54 Å². The summed E-state index contributed by atoms with van der Waals surface area (Å²) in [4.78, 5) is 40.8. The summed E-state index contributed by atoms with van der Waals surface area (Å²) >= 11 is 0. The zero-order valence-electron chi connectivity index (χ0n) is 17.9. The highest BCUT2D eigenvalue weighted by Crippen LogP contribution is 2.18. The molecule has 8 heteroatoms. The lowest BCUT2D eigenvalue weighted by Gasteiger charge is -2.24. The lowest BCUT2D eigenvalue weighted by atomic mass is 9.96. The molecule has 2 aromatic rings. The lowest BCUT2D eigenvalue weighted by Crippen LogP contribution is -2.50. The van der Waals surface area contributed by atoms with E-state index in [1.165, 1.54) is 0 Å². The van der Waals surface area contributed by atoms with Crippen molar-refractivity contribution in [2.24, 2.45) is 11.8 Å². The minimum atomic E-state index is -0.738. The Morgan fingerprint density at radius 3 is 2.68 bits per heavy atom. The van der Waals surface area contributed by atoms with Crippen LogP contribution in [0, 0.1) is 23.2 Å². The Morgan fingerprint density at radius 1 is 1.26 bits per heavy atom. The Labute approximate surface area is 181 Å². The van der Waals surface area contributed by atoms with E-state index in [-0.39, 0.29) is 36.0 Å². The monoisotopic (exact) mass is 423 g/mol. The number of aromatic amines is 1. The van der Waals surface area contributed by atoms with Crippen molar-refractivity contribution in [2.45, 2.75) is 51.6 Å². The molecule has 0 aliphatic carbocycles. The summed E-state index contributed by atoms with van der Waals surface area (Å²) in [5.74, 6) is -0.763. The minimum Gasteiger partial charge on any atom is -0.356 e. The molecular formula is C23H29N5O3. The van der Waals surface area contributed by atoms with Crippen LogP contribution in [0.2, 0.25) is 0 Å². The highest BCUT2D eigenvalue weighted by Gasteiger charge is 2.30. The van der Waals surface area contributed by atoms with Gasteiger partial charge in [-0.2, -0.15) is 5.26 Å². The van der Waals surface area contributed by atoms with Gasteiger partial charge in [0.05, 0.1) is 12.5 Å². The van der Waals surface area contributed by atoms with Crippen molar-refractivity contribution in [3.63, 3.8) is 0 Å². The molecule has 0 radical (unpaired) electrons. The second kappa shape index (κ2) is 10.1. The van der Waals surface area contributed by atoms with Crippen LogP contribution in [0.3, 0.4) is 0 Å². The molecule has 1 aliphatic heterocycles. The van der Waals surface area contributed by atoms with Gasteiger partial charge in [0, 0.05) is 29.4 Å². The van der Waals surface area contributed by atoms with Gasteiger partial charge < -0.3 is 20.9 Å². The van der Waals surface area contributed by atoms with Crippen molar-refractivity contribution >= 4 is 28.6 Å². The maximum atomic E-state index is 13.0. The second-order valence-electron chi connectivity index (χ2n) is 8.51. The van der Waals surface area contributed by atoms with Gasteiger partial charge in [-0.25, -0.2) is 0 Å². The van der Waals surface area contributed by atoms with E-state index < -0.39 is 12.1 Å². The largest absolute Gasteiger partial charge is 0.356 e. The molecule has 1 aromatic heterocycles. The number of carbonyl (C=O) groups is 3. The normalized spacial score (nSPS) is 17.7. The van der Waals surface area contributed by atoms with Crippen LogP contribution >= 0.6 is 0 Å². The second-order valence-corrected chi connectivity index (χ2v) is 8.51.